The minimum atomic E-state index is -3.83. The number of rotatable bonds is 6. The van der Waals surface area contributed by atoms with Crippen LogP contribution in [0, 0.1) is 18.6 Å². The molecule has 1 aliphatic rings. The van der Waals surface area contributed by atoms with Gasteiger partial charge in [-0.05, 0) is 68.1 Å². The molecule has 0 aromatic heterocycles. The molecule has 10 heteroatoms. The van der Waals surface area contributed by atoms with Crippen LogP contribution in [0.5, 0.6) is 0 Å². The van der Waals surface area contributed by atoms with Gasteiger partial charge in [0.15, 0.2) is 0 Å². The molecular weight excluding hydrogens is 440 g/mol. The predicted octanol–water partition coefficient (Wildman–Crippen LogP) is 2.96. The maximum atomic E-state index is 13.4. The van der Waals surface area contributed by atoms with Gasteiger partial charge < -0.3 is 10.6 Å². The van der Waals surface area contributed by atoms with E-state index in [1.54, 1.807) is 6.92 Å². The Morgan fingerprint density at radius 1 is 1.06 bits per heavy atom. The molecule has 7 nitrogen and oxygen atoms in total. The van der Waals surface area contributed by atoms with Crippen LogP contribution >= 0.6 is 0 Å². The first kappa shape index (κ1) is 23.8. The summed E-state index contributed by atoms with van der Waals surface area (Å²) in [4.78, 5) is 24.1. The fourth-order valence-corrected chi connectivity index (χ4v) is 5.73. The number of carbonyl (C=O) groups is 2. The summed E-state index contributed by atoms with van der Waals surface area (Å²) < 4.78 is 54.4. The van der Waals surface area contributed by atoms with Crippen LogP contribution in [0.2, 0.25) is 0 Å². The fourth-order valence-electron chi connectivity index (χ4n) is 3.79. The van der Waals surface area contributed by atoms with E-state index in [0.29, 0.717) is 31.4 Å². The molecule has 32 heavy (non-hydrogen) atoms. The molecule has 2 aromatic rings. The number of amides is 2. The van der Waals surface area contributed by atoms with Gasteiger partial charge in [-0.3, -0.25) is 9.59 Å². The van der Waals surface area contributed by atoms with E-state index in [1.165, 1.54) is 34.6 Å². The van der Waals surface area contributed by atoms with Crippen LogP contribution in [0.15, 0.2) is 47.4 Å². The number of sulfonamides is 1. The number of piperidine rings is 1. The molecule has 1 heterocycles. The van der Waals surface area contributed by atoms with Crippen molar-refractivity contribution >= 4 is 27.5 Å². The number of nitrogens with zero attached hydrogens (tertiary/aromatic N) is 1. The fraction of sp³-hybridized carbons (Fsp3) is 0.364. The first-order valence-electron chi connectivity index (χ1n) is 10.3. The SMILES string of the molecule is Cc1cc(F)ccc1S(=O)(=O)N1CCCC[C@H]1CCNC(=O)C(=O)Nc1cccc(F)c1. The number of aryl methyl sites for hydroxylation is 1. The second kappa shape index (κ2) is 10.2. The molecule has 3 rings (SSSR count). The minimum Gasteiger partial charge on any atom is -0.348 e. The average Bonchev–Trinajstić information content (AvgIpc) is 2.73. The molecule has 0 bridgehead atoms. The van der Waals surface area contributed by atoms with Crippen molar-refractivity contribution in [3.63, 3.8) is 0 Å². The first-order valence-corrected chi connectivity index (χ1v) is 11.8. The van der Waals surface area contributed by atoms with E-state index in [4.69, 9.17) is 0 Å². The third kappa shape index (κ3) is 5.68. The van der Waals surface area contributed by atoms with Gasteiger partial charge in [-0.25, -0.2) is 17.2 Å². The molecule has 0 saturated carbocycles. The normalized spacial score (nSPS) is 17.0. The number of anilines is 1. The van der Waals surface area contributed by atoms with E-state index >= 15 is 0 Å². The molecule has 1 saturated heterocycles. The van der Waals surface area contributed by atoms with Crippen LogP contribution in [-0.2, 0) is 19.6 Å². The van der Waals surface area contributed by atoms with Crippen LogP contribution in [-0.4, -0.2) is 43.7 Å². The lowest BCUT2D eigenvalue weighted by atomic mass is 10.0. The third-order valence-corrected chi connectivity index (χ3v) is 7.46. The van der Waals surface area contributed by atoms with Crippen molar-refractivity contribution in [3.05, 3.63) is 59.7 Å². The smallest absolute Gasteiger partial charge is 0.313 e. The van der Waals surface area contributed by atoms with Gasteiger partial charge in [0, 0.05) is 24.8 Å². The van der Waals surface area contributed by atoms with Crippen LogP contribution in [0.25, 0.3) is 0 Å². The molecule has 1 fully saturated rings. The van der Waals surface area contributed by atoms with E-state index in [0.717, 1.165) is 18.6 Å². The van der Waals surface area contributed by atoms with Crippen molar-refractivity contribution in [3.8, 4) is 0 Å². The molecule has 0 unspecified atom stereocenters. The number of benzene rings is 2. The maximum absolute atomic E-state index is 13.4. The largest absolute Gasteiger partial charge is 0.348 e. The summed E-state index contributed by atoms with van der Waals surface area (Å²) in [5.41, 5.74) is 0.487. The standard InChI is InChI=1S/C22H25F2N3O4S/c1-15-13-17(24)8-9-20(15)32(30,31)27-12-3-2-7-19(27)10-11-25-21(28)22(29)26-18-6-4-5-16(23)14-18/h4-6,8-9,13-14,19H,2-3,7,10-12H2,1H3,(H,25,28)(H,26,29)/t19-/m0/s1. The first-order chi connectivity index (χ1) is 15.2. The van der Waals surface area contributed by atoms with Gasteiger partial charge in [-0.15, -0.1) is 0 Å². The average molecular weight is 466 g/mol. The Morgan fingerprint density at radius 2 is 1.81 bits per heavy atom. The van der Waals surface area contributed by atoms with Crippen molar-refractivity contribution in [2.45, 2.75) is 43.5 Å². The summed E-state index contributed by atoms with van der Waals surface area (Å²) in [6, 6.07) is 8.38. The highest BCUT2D eigenvalue weighted by Crippen LogP contribution is 2.28. The highest BCUT2D eigenvalue weighted by Gasteiger charge is 2.34. The van der Waals surface area contributed by atoms with Crippen LogP contribution in [0.3, 0.4) is 0 Å². The topological polar surface area (TPSA) is 95.6 Å². The van der Waals surface area contributed by atoms with E-state index in [2.05, 4.69) is 10.6 Å². The molecule has 1 atom stereocenters. The Labute approximate surface area is 185 Å². The lowest BCUT2D eigenvalue weighted by molar-refractivity contribution is -0.136. The number of nitrogens with one attached hydrogen (secondary N) is 2. The molecule has 0 spiro atoms. The molecule has 0 radical (unpaired) electrons. The number of carbonyl (C=O) groups excluding carboxylic acids is 2. The third-order valence-electron chi connectivity index (χ3n) is 5.35. The molecule has 2 aromatic carbocycles. The van der Waals surface area contributed by atoms with Gasteiger partial charge in [0.05, 0.1) is 4.90 Å². The quantitative estimate of drug-likeness (QED) is 0.642. The summed E-state index contributed by atoms with van der Waals surface area (Å²) >= 11 is 0. The zero-order valence-electron chi connectivity index (χ0n) is 17.6. The summed E-state index contributed by atoms with van der Waals surface area (Å²) in [5, 5.41) is 4.79. The van der Waals surface area contributed by atoms with Crippen LogP contribution < -0.4 is 10.6 Å². The molecular formula is C22H25F2N3O4S. The molecule has 2 N–H and O–H groups in total. The predicted molar refractivity (Wildman–Crippen MR) is 115 cm³/mol. The molecule has 1 aliphatic heterocycles. The van der Waals surface area contributed by atoms with Gasteiger partial charge in [0.25, 0.3) is 0 Å². The number of hydrogen-bond acceptors (Lipinski definition) is 4. The second-order valence-corrected chi connectivity index (χ2v) is 9.54. The van der Waals surface area contributed by atoms with Crippen molar-refractivity contribution in [1.29, 1.82) is 0 Å². The Balaban J connectivity index is 1.60. The van der Waals surface area contributed by atoms with Crippen LogP contribution in [0.1, 0.15) is 31.2 Å². The Hall–Kier alpha value is -2.85. The number of hydrogen-bond donors (Lipinski definition) is 2. The van der Waals surface area contributed by atoms with Gasteiger partial charge in [-0.2, -0.15) is 4.31 Å². The molecule has 172 valence electrons. The van der Waals surface area contributed by atoms with Gasteiger partial charge in [-0.1, -0.05) is 12.5 Å². The summed E-state index contributed by atoms with van der Waals surface area (Å²) in [6.45, 7) is 1.97. The molecule has 2 amide bonds. The lowest BCUT2D eigenvalue weighted by Crippen LogP contribution is -2.46. The van der Waals surface area contributed by atoms with E-state index in [9.17, 15) is 26.8 Å². The van der Waals surface area contributed by atoms with Gasteiger partial charge in [0.2, 0.25) is 10.0 Å². The Morgan fingerprint density at radius 3 is 2.53 bits per heavy atom. The van der Waals surface area contributed by atoms with Gasteiger partial charge in [0.1, 0.15) is 11.6 Å². The Bertz CT molecular complexity index is 1110. The van der Waals surface area contributed by atoms with Crippen molar-refractivity contribution < 1.29 is 26.8 Å². The van der Waals surface area contributed by atoms with E-state index in [-0.39, 0.29) is 23.2 Å². The summed E-state index contributed by atoms with van der Waals surface area (Å²) in [5.74, 6) is -2.88. The van der Waals surface area contributed by atoms with Crippen molar-refractivity contribution in [2.24, 2.45) is 0 Å². The lowest BCUT2D eigenvalue weighted by Gasteiger charge is -2.35. The van der Waals surface area contributed by atoms with E-state index < -0.39 is 33.5 Å². The van der Waals surface area contributed by atoms with Crippen molar-refractivity contribution in [1.82, 2.24) is 9.62 Å². The summed E-state index contributed by atoms with van der Waals surface area (Å²) in [6.07, 6.45) is 2.48. The minimum absolute atomic E-state index is 0.0595. The number of halogens is 2. The highest BCUT2D eigenvalue weighted by molar-refractivity contribution is 7.89. The Kier molecular flexibility index (Phi) is 7.57. The monoisotopic (exact) mass is 465 g/mol. The summed E-state index contributed by atoms with van der Waals surface area (Å²) in [7, 11) is -3.83. The zero-order chi connectivity index (χ0) is 23.3. The zero-order valence-corrected chi connectivity index (χ0v) is 18.4. The molecule has 0 aliphatic carbocycles. The van der Waals surface area contributed by atoms with Gasteiger partial charge >= 0.3 is 11.8 Å². The maximum Gasteiger partial charge on any atom is 0.313 e. The van der Waals surface area contributed by atoms with Crippen LogP contribution in [0.4, 0.5) is 14.5 Å². The highest BCUT2D eigenvalue weighted by atomic mass is 32.2. The van der Waals surface area contributed by atoms with E-state index in [1.807, 2.05) is 0 Å². The van der Waals surface area contributed by atoms with Crippen molar-refractivity contribution in [2.75, 3.05) is 18.4 Å². The second-order valence-electron chi connectivity index (χ2n) is 7.68.